The molecule has 0 spiro atoms. The van der Waals surface area contributed by atoms with Gasteiger partial charge in [-0.05, 0) is 61.0 Å². The average molecular weight is 431 g/mol. The number of fused-ring (bicyclic) bond motifs is 3. The first kappa shape index (κ1) is 19.2. The highest BCUT2D eigenvalue weighted by atomic mass is 35.5. The van der Waals surface area contributed by atoms with Crippen LogP contribution in [0.25, 0.3) is 11.0 Å². The number of allylic oxidation sites excluding steroid dienone is 1. The van der Waals surface area contributed by atoms with Crippen LogP contribution < -0.4 is 10.6 Å². The van der Waals surface area contributed by atoms with Gasteiger partial charge in [-0.1, -0.05) is 35.9 Å². The van der Waals surface area contributed by atoms with Gasteiger partial charge in [-0.3, -0.25) is 9.36 Å². The summed E-state index contributed by atoms with van der Waals surface area (Å²) in [5.41, 5.74) is 4.54. The molecule has 5 rings (SSSR count). The number of hydrogen-bond acceptors (Lipinski definition) is 4. The minimum atomic E-state index is -0.420. The average Bonchev–Trinajstić information content (AvgIpc) is 3.13. The molecule has 31 heavy (non-hydrogen) atoms. The third-order valence-corrected chi connectivity index (χ3v) is 5.64. The van der Waals surface area contributed by atoms with Crippen LogP contribution in [0.15, 0.2) is 84.1 Å². The molecule has 0 fully saturated rings. The molecule has 0 bridgehead atoms. The number of amides is 1. The van der Waals surface area contributed by atoms with Crippen molar-refractivity contribution >= 4 is 40.2 Å². The van der Waals surface area contributed by atoms with Crippen LogP contribution in [-0.4, -0.2) is 20.6 Å². The summed E-state index contributed by atoms with van der Waals surface area (Å²) in [6.07, 6.45) is 0. The highest BCUT2D eigenvalue weighted by molar-refractivity contribution is 6.30. The molecule has 3 aromatic carbocycles. The van der Waals surface area contributed by atoms with Crippen LogP contribution >= 0.6 is 11.6 Å². The minimum Gasteiger partial charge on any atom is -0.508 e. The summed E-state index contributed by atoms with van der Waals surface area (Å²) in [7, 11) is 0. The number of imidazole rings is 1. The molecule has 6 nitrogen and oxygen atoms in total. The number of hydrogen-bond donors (Lipinski definition) is 3. The zero-order valence-corrected chi connectivity index (χ0v) is 17.4. The van der Waals surface area contributed by atoms with Crippen molar-refractivity contribution in [2.75, 3.05) is 10.6 Å². The van der Waals surface area contributed by atoms with Crippen molar-refractivity contribution < 1.29 is 9.90 Å². The normalized spacial score (nSPS) is 15.5. The maximum Gasteiger partial charge on any atom is 0.255 e. The number of para-hydroxylation sites is 2. The van der Waals surface area contributed by atoms with Crippen LogP contribution in [0.5, 0.6) is 5.75 Å². The zero-order valence-electron chi connectivity index (χ0n) is 16.6. The van der Waals surface area contributed by atoms with E-state index >= 15 is 0 Å². The van der Waals surface area contributed by atoms with E-state index in [0.717, 1.165) is 16.6 Å². The van der Waals surface area contributed by atoms with Gasteiger partial charge in [0.05, 0.1) is 22.6 Å². The predicted octanol–water partition coefficient (Wildman–Crippen LogP) is 5.32. The smallest absolute Gasteiger partial charge is 0.255 e. The summed E-state index contributed by atoms with van der Waals surface area (Å²) in [5, 5.41) is 16.7. The van der Waals surface area contributed by atoms with Crippen LogP contribution in [0.3, 0.4) is 0 Å². The quantitative estimate of drug-likeness (QED) is 0.411. The molecule has 0 saturated heterocycles. The van der Waals surface area contributed by atoms with Crippen molar-refractivity contribution in [3.05, 3.63) is 94.7 Å². The van der Waals surface area contributed by atoms with Crippen molar-refractivity contribution in [1.29, 1.82) is 0 Å². The van der Waals surface area contributed by atoms with E-state index in [1.54, 1.807) is 36.4 Å². The Morgan fingerprint density at radius 2 is 1.77 bits per heavy atom. The van der Waals surface area contributed by atoms with Gasteiger partial charge < -0.3 is 15.7 Å². The molecule has 1 aliphatic rings. The number of carbonyl (C=O) groups is 1. The van der Waals surface area contributed by atoms with Crippen LogP contribution in [0.2, 0.25) is 5.02 Å². The van der Waals surface area contributed by atoms with Crippen LogP contribution in [-0.2, 0) is 4.79 Å². The SMILES string of the molecule is CC1=C(C(=O)Nc2ccc(Cl)cc2)C(c2ccc(O)cc2)n2c(nc3ccccc32)N1. The molecule has 0 aliphatic carbocycles. The molecule has 2 heterocycles. The van der Waals surface area contributed by atoms with Crippen LogP contribution in [0.1, 0.15) is 18.5 Å². The highest BCUT2D eigenvalue weighted by Crippen LogP contribution is 2.39. The number of nitrogens with zero attached hydrogens (tertiary/aromatic N) is 2. The molecule has 1 aliphatic heterocycles. The number of nitrogens with one attached hydrogen (secondary N) is 2. The highest BCUT2D eigenvalue weighted by Gasteiger charge is 2.34. The van der Waals surface area contributed by atoms with Gasteiger partial charge >= 0.3 is 0 Å². The summed E-state index contributed by atoms with van der Waals surface area (Å²) in [6.45, 7) is 1.87. The molecule has 1 aromatic heterocycles. The lowest BCUT2D eigenvalue weighted by Gasteiger charge is -2.30. The molecule has 3 N–H and O–H groups in total. The number of aromatic nitrogens is 2. The first-order valence-corrected chi connectivity index (χ1v) is 10.2. The Balaban J connectivity index is 1.65. The van der Waals surface area contributed by atoms with Crippen molar-refractivity contribution in [1.82, 2.24) is 9.55 Å². The van der Waals surface area contributed by atoms with Gasteiger partial charge in [0, 0.05) is 16.4 Å². The Hall–Kier alpha value is -3.77. The number of carbonyl (C=O) groups excluding carboxylic acids is 1. The second kappa shape index (κ2) is 7.49. The van der Waals surface area contributed by atoms with E-state index in [9.17, 15) is 9.90 Å². The molecule has 0 radical (unpaired) electrons. The maximum atomic E-state index is 13.5. The summed E-state index contributed by atoms with van der Waals surface area (Å²) >= 11 is 5.97. The van der Waals surface area contributed by atoms with Crippen molar-refractivity contribution in [2.45, 2.75) is 13.0 Å². The fourth-order valence-corrected chi connectivity index (χ4v) is 4.09. The molecular weight excluding hydrogens is 412 g/mol. The fourth-order valence-electron chi connectivity index (χ4n) is 3.96. The third kappa shape index (κ3) is 3.41. The standard InChI is InChI=1S/C24H19ClN4O2/c1-14-21(23(31)27-17-10-8-16(25)9-11-17)22(15-6-12-18(30)13-7-15)29-20-5-3-2-4-19(20)28-24(29)26-14/h2-13,22,30H,1H3,(H,26,28)(H,27,31). The molecule has 0 saturated carbocycles. The van der Waals surface area contributed by atoms with Gasteiger partial charge in [-0.25, -0.2) is 4.98 Å². The fraction of sp³-hybridized carbons (Fsp3) is 0.0833. The monoisotopic (exact) mass is 430 g/mol. The molecule has 4 aromatic rings. The van der Waals surface area contributed by atoms with Crippen LogP contribution in [0, 0.1) is 0 Å². The number of benzene rings is 3. The van der Waals surface area contributed by atoms with Crippen molar-refractivity contribution in [2.24, 2.45) is 0 Å². The molecule has 1 unspecified atom stereocenters. The minimum absolute atomic E-state index is 0.168. The number of anilines is 2. The molecule has 1 atom stereocenters. The van der Waals surface area contributed by atoms with E-state index < -0.39 is 6.04 Å². The maximum absolute atomic E-state index is 13.5. The third-order valence-electron chi connectivity index (χ3n) is 5.39. The Morgan fingerprint density at radius 3 is 2.52 bits per heavy atom. The largest absolute Gasteiger partial charge is 0.508 e. The number of rotatable bonds is 3. The predicted molar refractivity (Wildman–Crippen MR) is 122 cm³/mol. The van der Waals surface area contributed by atoms with Crippen LogP contribution in [0.4, 0.5) is 11.6 Å². The second-order valence-electron chi connectivity index (χ2n) is 7.41. The van der Waals surface area contributed by atoms with E-state index in [4.69, 9.17) is 16.6 Å². The van der Waals surface area contributed by atoms with Crippen molar-refractivity contribution in [3.63, 3.8) is 0 Å². The Kier molecular flexibility index (Phi) is 4.64. The Morgan fingerprint density at radius 1 is 1.06 bits per heavy atom. The molecule has 154 valence electrons. The van der Waals surface area contributed by atoms with E-state index in [1.165, 1.54) is 0 Å². The lowest BCUT2D eigenvalue weighted by Crippen LogP contribution is -2.30. The molecule has 1 amide bonds. The van der Waals surface area contributed by atoms with Gasteiger partial charge in [0.15, 0.2) is 0 Å². The molecule has 7 heteroatoms. The van der Waals surface area contributed by atoms with E-state index in [1.807, 2.05) is 47.9 Å². The lowest BCUT2D eigenvalue weighted by molar-refractivity contribution is -0.113. The number of phenolic OH excluding ortho intramolecular Hbond substituents is 1. The van der Waals surface area contributed by atoms with E-state index in [2.05, 4.69) is 10.6 Å². The topological polar surface area (TPSA) is 79.2 Å². The lowest BCUT2D eigenvalue weighted by atomic mass is 9.94. The first-order chi connectivity index (χ1) is 15.0. The Labute approximate surface area is 183 Å². The van der Waals surface area contributed by atoms with Gasteiger partial charge in [0.1, 0.15) is 5.75 Å². The number of phenols is 1. The summed E-state index contributed by atoms with van der Waals surface area (Å²) in [6, 6.07) is 21.3. The first-order valence-electron chi connectivity index (χ1n) is 9.82. The van der Waals surface area contributed by atoms with E-state index in [-0.39, 0.29) is 11.7 Å². The summed E-state index contributed by atoms with van der Waals surface area (Å²) in [5.74, 6) is 0.606. The Bertz CT molecular complexity index is 1320. The summed E-state index contributed by atoms with van der Waals surface area (Å²) in [4.78, 5) is 18.2. The van der Waals surface area contributed by atoms with Gasteiger partial charge in [0.25, 0.3) is 5.91 Å². The van der Waals surface area contributed by atoms with Gasteiger partial charge in [-0.15, -0.1) is 0 Å². The zero-order chi connectivity index (χ0) is 21.5. The van der Waals surface area contributed by atoms with Crippen molar-refractivity contribution in [3.8, 4) is 5.75 Å². The molecular formula is C24H19ClN4O2. The van der Waals surface area contributed by atoms with E-state index in [0.29, 0.717) is 27.9 Å². The van der Waals surface area contributed by atoms with Gasteiger partial charge in [-0.2, -0.15) is 0 Å². The number of halogens is 1. The van der Waals surface area contributed by atoms with Gasteiger partial charge in [0.2, 0.25) is 5.95 Å². The second-order valence-corrected chi connectivity index (χ2v) is 7.85. The summed E-state index contributed by atoms with van der Waals surface area (Å²) < 4.78 is 2.02. The number of aromatic hydroxyl groups is 1.